The number of hydrogen-bond acceptors (Lipinski definition) is 4. The van der Waals surface area contributed by atoms with Crippen LogP contribution in [0.3, 0.4) is 0 Å². The van der Waals surface area contributed by atoms with Crippen LogP contribution in [0, 0.1) is 6.92 Å². The number of hydrogen-bond donors (Lipinski definition) is 2. The monoisotopic (exact) mass is 306 g/mol. The van der Waals surface area contributed by atoms with Crippen molar-refractivity contribution in [3.8, 4) is 0 Å². The van der Waals surface area contributed by atoms with Crippen LogP contribution in [0.2, 0.25) is 0 Å². The van der Waals surface area contributed by atoms with Crippen molar-refractivity contribution < 1.29 is 0 Å². The van der Waals surface area contributed by atoms with E-state index in [1.807, 2.05) is 13.1 Å². The Morgan fingerprint density at radius 2 is 2.29 bits per heavy atom. The van der Waals surface area contributed by atoms with Gasteiger partial charge in [0.1, 0.15) is 0 Å². The lowest BCUT2D eigenvalue weighted by atomic mass is 10.1. The van der Waals surface area contributed by atoms with Crippen LogP contribution < -0.4 is 11.2 Å². The second-order valence-corrected chi connectivity index (χ2v) is 6.37. The van der Waals surface area contributed by atoms with E-state index in [9.17, 15) is 9.59 Å². The van der Waals surface area contributed by atoms with E-state index in [1.165, 1.54) is 5.56 Å². The average molecular weight is 306 g/mol. The van der Waals surface area contributed by atoms with Gasteiger partial charge in [0.15, 0.2) is 0 Å². The number of fused-ring (bicyclic) bond motifs is 1. The van der Waals surface area contributed by atoms with Crippen molar-refractivity contribution in [3.05, 3.63) is 49.5 Å². The Kier molecular flexibility index (Phi) is 4.01. The number of aromatic amines is 2. The summed E-state index contributed by atoms with van der Waals surface area (Å²) in [4.78, 5) is 26.3. The molecule has 0 atom stereocenters. The van der Waals surface area contributed by atoms with Crippen molar-refractivity contribution >= 4 is 11.8 Å². The highest BCUT2D eigenvalue weighted by Gasteiger charge is 2.18. The van der Waals surface area contributed by atoms with Crippen LogP contribution in [0.5, 0.6) is 0 Å². The van der Waals surface area contributed by atoms with Crippen LogP contribution in [0.15, 0.2) is 15.8 Å². The van der Waals surface area contributed by atoms with E-state index < -0.39 is 0 Å². The third kappa shape index (κ3) is 2.83. The Morgan fingerprint density at radius 3 is 3.05 bits per heavy atom. The minimum absolute atomic E-state index is 0.218. The molecule has 2 aromatic heterocycles. The number of aromatic nitrogens is 4. The Hall–Kier alpha value is -1.76. The predicted octanol–water partition coefficient (Wildman–Crippen LogP) is 0.990. The molecule has 0 amide bonds. The number of nitrogens with one attached hydrogen (secondary N) is 2. The largest absolute Gasteiger partial charge is 0.328 e. The van der Waals surface area contributed by atoms with E-state index in [1.54, 1.807) is 16.3 Å². The summed E-state index contributed by atoms with van der Waals surface area (Å²) in [7, 11) is 0. The summed E-state index contributed by atoms with van der Waals surface area (Å²) in [6.45, 7) is 2.63. The Labute approximate surface area is 126 Å². The van der Waals surface area contributed by atoms with E-state index in [-0.39, 0.29) is 11.2 Å². The Morgan fingerprint density at radius 1 is 1.43 bits per heavy atom. The fraction of sp³-hybridized carbons (Fsp3) is 0.500. The summed E-state index contributed by atoms with van der Waals surface area (Å²) < 4.78 is 1.74. The lowest BCUT2D eigenvalue weighted by Gasteiger charge is -2.19. The van der Waals surface area contributed by atoms with Crippen LogP contribution in [0.25, 0.3) is 0 Å². The van der Waals surface area contributed by atoms with Crippen molar-refractivity contribution in [2.75, 3.05) is 5.75 Å². The average Bonchev–Trinajstić information content (AvgIpc) is 2.88. The predicted molar refractivity (Wildman–Crippen MR) is 82.8 cm³/mol. The molecule has 0 radical (unpaired) electrons. The van der Waals surface area contributed by atoms with E-state index in [0.29, 0.717) is 12.3 Å². The summed E-state index contributed by atoms with van der Waals surface area (Å²) in [5, 5.41) is 6.92. The van der Waals surface area contributed by atoms with E-state index in [4.69, 9.17) is 0 Å². The molecule has 3 heterocycles. The molecule has 2 aromatic rings. The summed E-state index contributed by atoms with van der Waals surface area (Å²) in [5.41, 5.74) is 3.44. The molecule has 0 fully saturated rings. The molecule has 0 aromatic carbocycles. The normalized spacial score (nSPS) is 14.1. The van der Waals surface area contributed by atoms with Crippen LogP contribution >= 0.6 is 11.8 Å². The topological polar surface area (TPSA) is 83.5 Å². The lowest BCUT2D eigenvalue weighted by molar-refractivity contribution is 0.573. The molecule has 0 bridgehead atoms. The van der Waals surface area contributed by atoms with Crippen molar-refractivity contribution in [3.63, 3.8) is 0 Å². The van der Waals surface area contributed by atoms with Crippen molar-refractivity contribution in [1.82, 2.24) is 19.7 Å². The first kappa shape index (κ1) is 14.2. The van der Waals surface area contributed by atoms with Gasteiger partial charge in [-0.2, -0.15) is 16.9 Å². The summed E-state index contributed by atoms with van der Waals surface area (Å²) in [6, 6.07) is 0. The number of nitrogens with zero attached hydrogens (tertiary/aromatic N) is 2. The van der Waals surface area contributed by atoms with E-state index >= 15 is 0 Å². The second kappa shape index (κ2) is 5.93. The summed E-state index contributed by atoms with van der Waals surface area (Å²) in [5.74, 6) is 1.67. The highest BCUT2D eigenvalue weighted by Crippen LogP contribution is 2.20. The first-order valence-corrected chi connectivity index (χ1v) is 8.23. The SMILES string of the molecule is Cc1[nH]ncc1CCCn1c2c(c(=O)[nH]c1=O)CSCC2. The van der Waals surface area contributed by atoms with Gasteiger partial charge in [-0.3, -0.25) is 19.4 Å². The van der Waals surface area contributed by atoms with Crippen LogP contribution in [0.1, 0.15) is 28.9 Å². The molecule has 0 saturated heterocycles. The zero-order valence-electron chi connectivity index (χ0n) is 11.9. The zero-order chi connectivity index (χ0) is 14.8. The van der Waals surface area contributed by atoms with Crippen molar-refractivity contribution in [2.24, 2.45) is 0 Å². The van der Waals surface area contributed by atoms with Gasteiger partial charge in [0.2, 0.25) is 0 Å². The minimum Gasteiger partial charge on any atom is -0.297 e. The van der Waals surface area contributed by atoms with Gasteiger partial charge in [-0.1, -0.05) is 0 Å². The summed E-state index contributed by atoms with van der Waals surface area (Å²) in [6.07, 6.45) is 4.35. The minimum atomic E-state index is -0.283. The number of rotatable bonds is 4. The van der Waals surface area contributed by atoms with Gasteiger partial charge in [-0.05, 0) is 37.5 Å². The van der Waals surface area contributed by atoms with Crippen LogP contribution in [-0.4, -0.2) is 25.5 Å². The Bertz CT molecular complexity index is 759. The highest BCUT2D eigenvalue weighted by atomic mass is 32.2. The molecule has 0 unspecified atom stereocenters. The second-order valence-electron chi connectivity index (χ2n) is 5.26. The number of aryl methyl sites for hydroxylation is 2. The maximum atomic E-state index is 12.1. The van der Waals surface area contributed by atoms with Gasteiger partial charge in [-0.25, -0.2) is 4.79 Å². The molecule has 0 aliphatic carbocycles. The number of thioether (sulfide) groups is 1. The fourth-order valence-corrected chi connectivity index (χ4v) is 3.71. The molecule has 0 spiro atoms. The molecular weight excluding hydrogens is 288 g/mol. The van der Waals surface area contributed by atoms with Crippen molar-refractivity contribution in [2.45, 2.75) is 38.5 Å². The molecular formula is C14H18N4O2S. The zero-order valence-corrected chi connectivity index (χ0v) is 12.8. The van der Waals surface area contributed by atoms with Gasteiger partial charge < -0.3 is 0 Å². The maximum Gasteiger partial charge on any atom is 0.328 e. The smallest absolute Gasteiger partial charge is 0.297 e. The van der Waals surface area contributed by atoms with Crippen molar-refractivity contribution in [1.29, 1.82) is 0 Å². The quantitative estimate of drug-likeness (QED) is 0.882. The molecule has 1 aliphatic heterocycles. The van der Waals surface area contributed by atoms with Gasteiger partial charge in [-0.15, -0.1) is 0 Å². The number of H-pyrrole nitrogens is 2. The molecule has 1 aliphatic rings. The lowest BCUT2D eigenvalue weighted by Crippen LogP contribution is -2.36. The molecule has 7 heteroatoms. The van der Waals surface area contributed by atoms with E-state index in [0.717, 1.165) is 42.0 Å². The van der Waals surface area contributed by atoms with E-state index in [2.05, 4.69) is 15.2 Å². The highest BCUT2D eigenvalue weighted by molar-refractivity contribution is 7.98. The van der Waals surface area contributed by atoms with Gasteiger partial charge in [0, 0.05) is 29.2 Å². The fourth-order valence-electron chi connectivity index (χ4n) is 2.73. The van der Waals surface area contributed by atoms with Crippen LogP contribution in [-0.2, 0) is 25.1 Å². The molecule has 3 rings (SSSR count). The standard InChI is InChI=1S/C14H18N4O2S/c1-9-10(7-15-17-9)3-2-5-18-12-4-6-21-8-11(12)13(19)16-14(18)20/h7H,2-6,8H2,1H3,(H,15,17)(H,16,19,20). The van der Waals surface area contributed by atoms with Gasteiger partial charge >= 0.3 is 5.69 Å². The maximum absolute atomic E-state index is 12.1. The van der Waals surface area contributed by atoms with Gasteiger partial charge in [0.05, 0.1) is 6.20 Å². The van der Waals surface area contributed by atoms with Crippen LogP contribution in [0.4, 0.5) is 0 Å². The Balaban J connectivity index is 1.81. The molecule has 6 nitrogen and oxygen atoms in total. The third-order valence-corrected chi connectivity index (χ3v) is 4.89. The molecule has 112 valence electrons. The van der Waals surface area contributed by atoms with Gasteiger partial charge in [0.25, 0.3) is 5.56 Å². The molecule has 21 heavy (non-hydrogen) atoms. The molecule has 2 N–H and O–H groups in total. The first-order chi connectivity index (χ1) is 10.2. The third-order valence-electron chi connectivity index (χ3n) is 3.91. The summed E-state index contributed by atoms with van der Waals surface area (Å²) >= 11 is 1.74. The first-order valence-electron chi connectivity index (χ1n) is 7.08. The molecule has 0 saturated carbocycles.